The smallest absolute Gasteiger partial charge is 0.0595 e. The Balaban J connectivity index is 1.97. The van der Waals surface area contributed by atoms with E-state index in [0.29, 0.717) is 16.1 Å². The van der Waals surface area contributed by atoms with Gasteiger partial charge in [0.05, 0.1) is 10.0 Å². The van der Waals surface area contributed by atoms with Crippen LogP contribution in [0.15, 0.2) is 18.2 Å². The summed E-state index contributed by atoms with van der Waals surface area (Å²) in [5.74, 6) is 0.945. The lowest BCUT2D eigenvalue weighted by molar-refractivity contribution is 0.490. The second-order valence-electron chi connectivity index (χ2n) is 4.62. The van der Waals surface area contributed by atoms with Crippen molar-refractivity contribution in [2.75, 3.05) is 7.05 Å². The first-order chi connectivity index (χ1) is 7.69. The summed E-state index contributed by atoms with van der Waals surface area (Å²) >= 11 is 11.9. The van der Waals surface area contributed by atoms with Crippen LogP contribution in [-0.4, -0.2) is 13.1 Å². The zero-order chi connectivity index (χ0) is 11.5. The van der Waals surface area contributed by atoms with Crippen molar-refractivity contribution < 1.29 is 0 Å². The lowest BCUT2D eigenvalue weighted by Crippen LogP contribution is -2.28. The molecule has 0 amide bonds. The van der Waals surface area contributed by atoms with Gasteiger partial charge in [-0.15, -0.1) is 0 Å². The van der Waals surface area contributed by atoms with Gasteiger partial charge < -0.3 is 5.32 Å². The van der Waals surface area contributed by atoms with E-state index in [1.54, 1.807) is 0 Å². The number of nitrogens with one attached hydrogen (secondary N) is 1. The van der Waals surface area contributed by atoms with Crippen molar-refractivity contribution >= 4 is 23.2 Å². The molecular weight excluding hydrogens is 241 g/mol. The maximum Gasteiger partial charge on any atom is 0.0595 e. The highest BCUT2D eigenvalue weighted by Crippen LogP contribution is 2.34. The van der Waals surface area contributed by atoms with Gasteiger partial charge in [0.15, 0.2) is 0 Å². The van der Waals surface area contributed by atoms with Crippen molar-refractivity contribution in [2.45, 2.75) is 31.7 Å². The highest BCUT2D eigenvalue weighted by atomic mass is 35.5. The molecule has 88 valence electrons. The lowest BCUT2D eigenvalue weighted by atomic mass is 10.0. The van der Waals surface area contributed by atoms with Crippen molar-refractivity contribution in [1.29, 1.82) is 0 Å². The molecule has 16 heavy (non-hydrogen) atoms. The Hall–Kier alpha value is -0.240. The summed E-state index contributed by atoms with van der Waals surface area (Å²) in [5, 5.41) is 4.67. The minimum absolute atomic E-state index is 0.560. The first-order valence-corrected chi connectivity index (χ1v) is 6.56. The van der Waals surface area contributed by atoms with Crippen LogP contribution in [-0.2, 0) is 6.42 Å². The fourth-order valence-corrected chi connectivity index (χ4v) is 2.33. The summed E-state index contributed by atoms with van der Waals surface area (Å²) in [6.07, 6.45) is 5.11. The molecule has 3 heteroatoms. The molecule has 1 aromatic carbocycles. The molecule has 0 bridgehead atoms. The van der Waals surface area contributed by atoms with E-state index < -0.39 is 0 Å². The summed E-state index contributed by atoms with van der Waals surface area (Å²) in [4.78, 5) is 0. The van der Waals surface area contributed by atoms with Crippen molar-refractivity contribution in [3.05, 3.63) is 33.8 Å². The van der Waals surface area contributed by atoms with E-state index in [-0.39, 0.29) is 0 Å². The summed E-state index contributed by atoms with van der Waals surface area (Å²) in [6.45, 7) is 0. The van der Waals surface area contributed by atoms with Crippen molar-refractivity contribution in [1.82, 2.24) is 5.32 Å². The Morgan fingerprint density at radius 3 is 2.62 bits per heavy atom. The van der Waals surface area contributed by atoms with E-state index in [4.69, 9.17) is 23.2 Å². The van der Waals surface area contributed by atoms with Crippen molar-refractivity contribution in [3.8, 4) is 0 Å². The first kappa shape index (κ1) is 12.2. The van der Waals surface area contributed by atoms with Crippen LogP contribution in [0.2, 0.25) is 10.0 Å². The highest BCUT2D eigenvalue weighted by molar-refractivity contribution is 6.42. The third kappa shape index (κ3) is 3.38. The number of halogens is 2. The van der Waals surface area contributed by atoms with Crippen molar-refractivity contribution in [3.63, 3.8) is 0 Å². The van der Waals surface area contributed by atoms with Crippen LogP contribution in [0.4, 0.5) is 0 Å². The number of likely N-dealkylation sites (N-methyl/N-ethyl adjacent to an activating group) is 1. The van der Waals surface area contributed by atoms with E-state index in [0.717, 1.165) is 12.3 Å². The van der Waals surface area contributed by atoms with Gasteiger partial charge in [0, 0.05) is 6.04 Å². The van der Waals surface area contributed by atoms with Gasteiger partial charge in [-0.05, 0) is 43.5 Å². The number of rotatable bonds is 5. The zero-order valence-corrected chi connectivity index (χ0v) is 11.0. The average Bonchev–Trinajstić information content (AvgIpc) is 3.06. The van der Waals surface area contributed by atoms with Gasteiger partial charge >= 0.3 is 0 Å². The first-order valence-electron chi connectivity index (χ1n) is 5.80. The molecule has 1 atom stereocenters. The van der Waals surface area contributed by atoms with Crippen LogP contribution in [0, 0.1) is 5.92 Å². The highest BCUT2D eigenvalue weighted by Gasteiger charge is 2.24. The molecule has 2 rings (SSSR count). The Bertz CT molecular complexity index is 361. The van der Waals surface area contributed by atoms with Gasteiger partial charge in [-0.2, -0.15) is 0 Å². The molecule has 0 radical (unpaired) electrons. The van der Waals surface area contributed by atoms with Crippen LogP contribution < -0.4 is 5.32 Å². The normalized spacial score (nSPS) is 17.4. The molecular formula is C13H17Cl2N. The largest absolute Gasteiger partial charge is 0.317 e. The van der Waals surface area contributed by atoms with Crippen LogP contribution in [0.1, 0.15) is 24.8 Å². The third-order valence-corrected chi connectivity index (χ3v) is 3.93. The predicted octanol–water partition coefficient (Wildman–Crippen LogP) is 3.92. The molecule has 0 spiro atoms. The molecule has 0 heterocycles. The summed E-state index contributed by atoms with van der Waals surface area (Å²) in [5.41, 5.74) is 1.26. The third-order valence-electron chi connectivity index (χ3n) is 3.19. The van der Waals surface area contributed by atoms with Crippen LogP contribution in [0.25, 0.3) is 0 Å². The molecule has 1 aromatic rings. The van der Waals surface area contributed by atoms with E-state index in [2.05, 4.69) is 11.4 Å². The second kappa shape index (κ2) is 5.39. The molecule has 0 saturated heterocycles. The van der Waals surface area contributed by atoms with E-state index in [1.807, 2.05) is 19.2 Å². The quantitative estimate of drug-likeness (QED) is 0.843. The van der Waals surface area contributed by atoms with E-state index >= 15 is 0 Å². The Morgan fingerprint density at radius 2 is 2.06 bits per heavy atom. The second-order valence-corrected chi connectivity index (χ2v) is 5.43. The summed E-state index contributed by atoms with van der Waals surface area (Å²) < 4.78 is 0. The summed E-state index contributed by atoms with van der Waals surface area (Å²) in [7, 11) is 2.03. The molecule has 1 unspecified atom stereocenters. The fourth-order valence-electron chi connectivity index (χ4n) is 2.01. The Kier molecular flexibility index (Phi) is 4.12. The van der Waals surface area contributed by atoms with E-state index in [9.17, 15) is 0 Å². The van der Waals surface area contributed by atoms with Gasteiger partial charge in [-0.1, -0.05) is 42.1 Å². The topological polar surface area (TPSA) is 12.0 Å². The standard InChI is InChI=1S/C13H17Cl2N/c1-16-11(6-9-2-3-9)7-10-4-5-12(14)13(15)8-10/h4-5,8-9,11,16H,2-3,6-7H2,1H3. The maximum absolute atomic E-state index is 6.01. The number of hydrogen-bond donors (Lipinski definition) is 1. The van der Waals surface area contributed by atoms with Crippen molar-refractivity contribution in [2.24, 2.45) is 5.92 Å². The predicted molar refractivity (Wildman–Crippen MR) is 70.4 cm³/mol. The molecule has 1 N–H and O–H groups in total. The molecule has 1 aliphatic rings. The average molecular weight is 258 g/mol. The zero-order valence-electron chi connectivity index (χ0n) is 9.47. The monoisotopic (exact) mass is 257 g/mol. The van der Waals surface area contributed by atoms with Crippen LogP contribution >= 0.6 is 23.2 Å². The number of benzene rings is 1. The maximum atomic E-state index is 6.01. The van der Waals surface area contributed by atoms with Gasteiger partial charge in [0.1, 0.15) is 0 Å². The minimum atomic E-state index is 0.560. The number of hydrogen-bond acceptors (Lipinski definition) is 1. The minimum Gasteiger partial charge on any atom is -0.317 e. The van der Waals surface area contributed by atoms with Crippen LogP contribution in [0.3, 0.4) is 0 Å². The van der Waals surface area contributed by atoms with Gasteiger partial charge in [-0.3, -0.25) is 0 Å². The molecule has 1 nitrogen and oxygen atoms in total. The Labute approximate surface area is 107 Å². The van der Waals surface area contributed by atoms with E-state index in [1.165, 1.54) is 24.8 Å². The van der Waals surface area contributed by atoms with Gasteiger partial charge in [-0.25, -0.2) is 0 Å². The molecule has 1 fully saturated rings. The van der Waals surface area contributed by atoms with Gasteiger partial charge in [0.25, 0.3) is 0 Å². The Morgan fingerprint density at radius 1 is 1.31 bits per heavy atom. The fraction of sp³-hybridized carbons (Fsp3) is 0.538. The summed E-state index contributed by atoms with van der Waals surface area (Å²) in [6, 6.07) is 6.47. The van der Waals surface area contributed by atoms with Gasteiger partial charge in [0.2, 0.25) is 0 Å². The SMILES string of the molecule is CNC(Cc1ccc(Cl)c(Cl)c1)CC1CC1. The molecule has 1 aliphatic carbocycles. The van der Waals surface area contributed by atoms with Crippen LogP contribution in [0.5, 0.6) is 0 Å². The molecule has 0 aliphatic heterocycles. The molecule has 0 aromatic heterocycles. The molecule has 1 saturated carbocycles. The lowest BCUT2D eigenvalue weighted by Gasteiger charge is -2.16.